The molecule has 2 aromatic heterocycles. The molecule has 0 bridgehead atoms. The Labute approximate surface area is 148 Å². The van der Waals surface area contributed by atoms with Gasteiger partial charge in [0.1, 0.15) is 0 Å². The van der Waals surface area contributed by atoms with E-state index in [1.807, 2.05) is 35.2 Å². The van der Waals surface area contributed by atoms with E-state index in [0.29, 0.717) is 26.1 Å². The summed E-state index contributed by atoms with van der Waals surface area (Å²) in [5.74, 6) is 0. The normalized spacial score (nSPS) is 16.6. The highest BCUT2D eigenvalue weighted by molar-refractivity contribution is 5.74. The molecule has 0 aromatic carbocycles. The van der Waals surface area contributed by atoms with Crippen LogP contribution in [0, 0.1) is 0 Å². The zero-order valence-corrected chi connectivity index (χ0v) is 14.3. The molecule has 1 N–H and O–H groups in total. The summed E-state index contributed by atoms with van der Waals surface area (Å²) in [7, 11) is 0. The maximum absolute atomic E-state index is 12.6. The molecule has 2 amide bonds. The van der Waals surface area contributed by atoms with Crippen LogP contribution in [0.5, 0.6) is 0 Å². The van der Waals surface area contributed by atoms with Crippen LogP contribution in [-0.2, 0) is 17.7 Å². The molecule has 1 aliphatic rings. The fraction of sp³-hybridized carbons (Fsp3) is 0.421. The third-order valence-corrected chi connectivity index (χ3v) is 4.21. The Morgan fingerprint density at radius 2 is 2.24 bits per heavy atom. The highest BCUT2D eigenvalue weighted by Crippen LogP contribution is 2.15. The number of rotatable bonds is 7. The third kappa shape index (κ3) is 5.53. The van der Waals surface area contributed by atoms with Crippen LogP contribution >= 0.6 is 0 Å². The topological polar surface area (TPSA) is 67.4 Å². The Morgan fingerprint density at radius 1 is 1.28 bits per heavy atom. The number of carbonyl (C=O) groups excluding carboxylic acids is 1. The van der Waals surface area contributed by atoms with Crippen LogP contribution in [-0.4, -0.2) is 46.7 Å². The lowest BCUT2D eigenvalue weighted by molar-refractivity contribution is 0.0795. The number of ether oxygens (including phenoxy) is 1. The van der Waals surface area contributed by atoms with Gasteiger partial charge in [-0.05, 0) is 36.6 Å². The minimum absolute atomic E-state index is 0.0738. The summed E-state index contributed by atoms with van der Waals surface area (Å²) in [5.41, 5.74) is 1.99. The number of urea groups is 1. The minimum Gasteiger partial charge on any atom is -0.376 e. The van der Waals surface area contributed by atoms with Gasteiger partial charge in [-0.3, -0.25) is 9.97 Å². The van der Waals surface area contributed by atoms with Gasteiger partial charge in [-0.25, -0.2) is 4.79 Å². The molecule has 0 radical (unpaired) electrons. The highest BCUT2D eigenvalue weighted by Gasteiger charge is 2.22. The van der Waals surface area contributed by atoms with Crippen molar-refractivity contribution in [3.63, 3.8) is 0 Å². The number of nitrogens with one attached hydrogen (secondary N) is 1. The highest BCUT2D eigenvalue weighted by atomic mass is 16.5. The number of nitrogens with zero attached hydrogens (tertiary/aromatic N) is 3. The van der Waals surface area contributed by atoms with Crippen LogP contribution in [0.3, 0.4) is 0 Å². The third-order valence-electron chi connectivity index (χ3n) is 4.21. The van der Waals surface area contributed by atoms with Gasteiger partial charge in [0.15, 0.2) is 0 Å². The quantitative estimate of drug-likeness (QED) is 0.840. The number of amides is 2. The van der Waals surface area contributed by atoms with E-state index in [0.717, 1.165) is 30.7 Å². The van der Waals surface area contributed by atoms with Crippen molar-refractivity contribution in [2.45, 2.75) is 31.9 Å². The summed E-state index contributed by atoms with van der Waals surface area (Å²) in [6.45, 7) is 2.48. The van der Waals surface area contributed by atoms with Crippen molar-refractivity contribution in [2.75, 3.05) is 19.7 Å². The molecule has 6 nitrogen and oxygen atoms in total. The van der Waals surface area contributed by atoms with E-state index in [9.17, 15) is 4.79 Å². The van der Waals surface area contributed by atoms with Crippen molar-refractivity contribution >= 4 is 6.03 Å². The summed E-state index contributed by atoms with van der Waals surface area (Å²) in [4.78, 5) is 22.9. The van der Waals surface area contributed by atoms with Gasteiger partial charge in [-0.2, -0.15) is 0 Å². The van der Waals surface area contributed by atoms with Crippen LogP contribution in [0.25, 0.3) is 0 Å². The molecule has 3 heterocycles. The van der Waals surface area contributed by atoms with E-state index in [1.54, 1.807) is 18.6 Å². The number of hydrogen-bond acceptors (Lipinski definition) is 4. The molecule has 1 fully saturated rings. The van der Waals surface area contributed by atoms with Gasteiger partial charge >= 0.3 is 6.03 Å². The number of aromatic nitrogens is 2. The van der Waals surface area contributed by atoms with E-state index in [-0.39, 0.29) is 12.1 Å². The van der Waals surface area contributed by atoms with Crippen molar-refractivity contribution in [2.24, 2.45) is 0 Å². The molecule has 0 saturated carbocycles. The molecule has 0 aliphatic carbocycles. The van der Waals surface area contributed by atoms with Gasteiger partial charge < -0.3 is 15.0 Å². The van der Waals surface area contributed by atoms with Crippen molar-refractivity contribution in [3.05, 3.63) is 60.2 Å². The Kier molecular flexibility index (Phi) is 6.34. The maximum atomic E-state index is 12.6. The second-order valence-corrected chi connectivity index (χ2v) is 6.18. The molecular formula is C19H24N4O2. The van der Waals surface area contributed by atoms with Crippen LogP contribution in [0.4, 0.5) is 4.79 Å². The molecule has 0 unspecified atom stereocenters. The smallest absolute Gasteiger partial charge is 0.317 e. The summed E-state index contributed by atoms with van der Waals surface area (Å²) in [5, 5.41) is 3.00. The van der Waals surface area contributed by atoms with E-state index < -0.39 is 0 Å². The number of pyridine rings is 2. The predicted octanol–water partition coefficient (Wildman–Crippen LogP) is 2.41. The summed E-state index contributed by atoms with van der Waals surface area (Å²) in [6.07, 6.45) is 8.21. The van der Waals surface area contributed by atoms with E-state index in [2.05, 4.69) is 15.3 Å². The molecule has 25 heavy (non-hydrogen) atoms. The first-order chi connectivity index (χ1) is 12.3. The lowest BCUT2D eigenvalue weighted by Crippen LogP contribution is -2.43. The molecule has 1 aliphatic heterocycles. The molecule has 1 saturated heterocycles. The average molecular weight is 340 g/mol. The summed E-state index contributed by atoms with van der Waals surface area (Å²) < 4.78 is 5.70. The zero-order chi connectivity index (χ0) is 17.3. The van der Waals surface area contributed by atoms with Gasteiger partial charge in [-0.1, -0.05) is 12.1 Å². The Bertz CT molecular complexity index is 645. The summed E-state index contributed by atoms with van der Waals surface area (Å²) in [6, 6.07) is 9.60. The monoisotopic (exact) mass is 340 g/mol. The van der Waals surface area contributed by atoms with Crippen LogP contribution in [0.2, 0.25) is 0 Å². The second-order valence-electron chi connectivity index (χ2n) is 6.18. The molecule has 1 atom stereocenters. The Balaban J connectivity index is 1.55. The van der Waals surface area contributed by atoms with Gasteiger partial charge in [-0.15, -0.1) is 0 Å². The predicted molar refractivity (Wildman–Crippen MR) is 95.0 cm³/mol. The SMILES string of the molecule is O=C(NCCc1ccccn1)N(Cc1cccnc1)C[C@H]1CCCO1. The molecule has 6 heteroatoms. The fourth-order valence-corrected chi connectivity index (χ4v) is 2.92. The van der Waals surface area contributed by atoms with Crippen molar-refractivity contribution in [3.8, 4) is 0 Å². The molecule has 3 rings (SSSR count). The molecule has 2 aromatic rings. The Morgan fingerprint density at radius 3 is 2.96 bits per heavy atom. The molecular weight excluding hydrogens is 316 g/mol. The second kappa shape index (κ2) is 9.13. The van der Waals surface area contributed by atoms with Crippen LogP contribution in [0.15, 0.2) is 48.9 Å². The van der Waals surface area contributed by atoms with Crippen LogP contribution in [0.1, 0.15) is 24.1 Å². The first-order valence-electron chi connectivity index (χ1n) is 8.74. The van der Waals surface area contributed by atoms with Crippen molar-refractivity contribution in [1.82, 2.24) is 20.2 Å². The van der Waals surface area contributed by atoms with Gasteiger partial charge in [0.2, 0.25) is 0 Å². The zero-order valence-electron chi connectivity index (χ0n) is 14.3. The Hall–Kier alpha value is -2.47. The maximum Gasteiger partial charge on any atom is 0.317 e. The van der Waals surface area contributed by atoms with Gasteiger partial charge in [0.05, 0.1) is 6.10 Å². The molecule has 0 spiro atoms. The number of hydrogen-bond donors (Lipinski definition) is 1. The lowest BCUT2D eigenvalue weighted by Gasteiger charge is -2.25. The van der Waals surface area contributed by atoms with Gasteiger partial charge in [0, 0.05) is 56.9 Å². The largest absolute Gasteiger partial charge is 0.376 e. The van der Waals surface area contributed by atoms with E-state index in [4.69, 9.17) is 4.74 Å². The van der Waals surface area contributed by atoms with Crippen molar-refractivity contribution < 1.29 is 9.53 Å². The lowest BCUT2D eigenvalue weighted by atomic mass is 10.2. The van der Waals surface area contributed by atoms with E-state index in [1.165, 1.54) is 0 Å². The average Bonchev–Trinajstić information content (AvgIpc) is 3.16. The van der Waals surface area contributed by atoms with Gasteiger partial charge in [0.25, 0.3) is 0 Å². The minimum atomic E-state index is -0.0738. The first kappa shape index (κ1) is 17.4. The summed E-state index contributed by atoms with van der Waals surface area (Å²) >= 11 is 0. The fourth-order valence-electron chi connectivity index (χ4n) is 2.92. The van der Waals surface area contributed by atoms with Crippen molar-refractivity contribution in [1.29, 1.82) is 0 Å². The molecule has 132 valence electrons. The first-order valence-corrected chi connectivity index (χ1v) is 8.74. The number of carbonyl (C=O) groups is 1. The standard InChI is InChI=1S/C19H24N4O2/c24-19(22-11-8-17-6-1-2-10-21-17)23(15-18-7-4-12-25-18)14-16-5-3-9-20-13-16/h1-3,5-6,9-10,13,18H,4,7-8,11-12,14-15H2,(H,22,24)/t18-/m1/s1. The van der Waals surface area contributed by atoms with Crippen LogP contribution < -0.4 is 5.32 Å². The van der Waals surface area contributed by atoms with E-state index >= 15 is 0 Å².